The van der Waals surface area contributed by atoms with E-state index in [1.54, 1.807) is 0 Å². The van der Waals surface area contributed by atoms with E-state index >= 15 is 0 Å². The summed E-state index contributed by atoms with van der Waals surface area (Å²) in [5.41, 5.74) is 0.301. The lowest BCUT2D eigenvalue weighted by molar-refractivity contribution is 0.534. The Morgan fingerprint density at radius 1 is 1.12 bits per heavy atom. The lowest BCUT2D eigenvalue weighted by Gasteiger charge is -2.25. The van der Waals surface area contributed by atoms with Crippen molar-refractivity contribution in [3.05, 3.63) is 0 Å². The van der Waals surface area contributed by atoms with Crippen LogP contribution in [0.4, 0.5) is 0 Å². The fourth-order valence-corrected chi connectivity index (χ4v) is 2.01. The van der Waals surface area contributed by atoms with Crippen molar-refractivity contribution in [1.82, 2.24) is 4.72 Å². The van der Waals surface area contributed by atoms with E-state index in [2.05, 4.69) is 38.0 Å². The third-order valence-corrected chi connectivity index (χ3v) is 1.68. The van der Waals surface area contributed by atoms with Gasteiger partial charge in [-0.15, -0.1) is 0 Å². The number of hydrogen-bond donors (Lipinski definition) is 2. The second kappa shape index (κ2) is 2.74. The van der Waals surface area contributed by atoms with Gasteiger partial charge in [0.15, 0.2) is 0 Å². The van der Waals surface area contributed by atoms with Gasteiger partial charge in [0.2, 0.25) is 0 Å². The van der Waals surface area contributed by atoms with Crippen LogP contribution in [-0.2, 0) is 0 Å². The fraction of sp³-hybridized carbons (Fsp3) is 1.00. The third-order valence-electron chi connectivity index (χ3n) is 0.559. The van der Waals surface area contributed by atoms with Gasteiger partial charge in [-0.25, -0.2) is 11.1 Å². The summed E-state index contributed by atoms with van der Waals surface area (Å²) in [6.45, 7) is 6.57. The summed E-state index contributed by atoms with van der Waals surface area (Å²) in [6.07, 6.45) is 4.45. The number of nitrogens with one attached hydrogen (secondary N) is 1. The minimum atomic E-state index is 0.0615. The van der Waals surface area contributed by atoms with Gasteiger partial charge in [-0.2, -0.15) is 0 Å². The summed E-state index contributed by atoms with van der Waals surface area (Å²) in [6, 6.07) is 0. The molecule has 0 fully saturated rings. The molecule has 0 saturated carbocycles. The molecule has 0 bridgehead atoms. The Morgan fingerprint density at radius 2 is 1.50 bits per heavy atom. The summed E-state index contributed by atoms with van der Waals surface area (Å²) >= 11 is 0.0615. The SMILES string of the molecule is C[SH](C)NC(C)(C)C. The first-order valence-corrected chi connectivity index (χ1v) is 5.10. The Labute approximate surface area is 55.3 Å². The quantitative estimate of drug-likeness (QED) is 0.520. The van der Waals surface area contributed by atoms with Crippen LogP contribution < -0.4 is 4.72 Å². The molecule has 0 spiro atoms. The zero-order chi connectivity index (χ0) is 6.78. The lowest BCUT2D eigenvalue weighted by Crippen LogP contribution is -2.32. The van der Waals surface area contributed by atoms with E-state index in [9.17, 15) is 0 Å². The highest BCUT2D eigenvalue weighted by Gasteiger charge is 2.07. The molecule has 0 aromatic carbocycles. The van der Waals surface area contributed by atoms with Gasteiger partial charge in [0.25, 0.3) is 0 Å². The molecule has 0 amide bonds. The van der Waals surface area contributed by atoms with Crippen LogP contribution in [-0.4, -0.2) is 18.1 Å². The minimum Gasteiger partial charge on any atom is -0.279 e. The molecule has 0 atom stereocenters. The summed E-state index contributed by atoms with van der Waals surface area (Å²) in [5, 5.41) is 0. The predicted octanol–water partition coefficient (Wildman–Crippen LogP) is 1.55. The zero-order valence-electron chi connectivity index (χ0n) is 6.45. The van der Waals surface area contributed by atoms with Gasteiger partial charge in [-0.1, -0.05) is 0 Å². The normalized spacial score (nSPS) is 13.9. The van der Waals surface area contributed by atoms with Crippen LogP contribution in [0, 0.1) is 0 Å². The first kappa shape index (κ1) is 8.31. The maximum Gasteiger partial charge on any atom is 0.0181 e. The van der Waals surface area contributed by atoms with Crippen LogP contribution in [0.25, 0.3) is 0 Å². The summed E-state index contributed by atoms with van der Waals surface area (Å²) in [7, 11) is 0. The molecule has 0 aliphatic rings. The second-order valence-electron chi connectivity index (χ2n) is 3.26. The topological polar surface area (TPSA) is 12.0 Å². The van der Waals surface area contributed by atoms with Crippen LogP contribution in [0.2, 0.25) is 0 Å². The Hall–Kier alpha value is 0.310. The zero-order valence-corrected chi connectivity index (χ0v) is 7.34. The molecule has 0 unspecified atom stereocenters. The molecule has 0 aromatic heterocycles. The highest BCUT2D eigenvalue weighted by molar-refractivity contribution is 8.14. The van der Waals surface area contributed by atoms with Crippen molar-refractivity contribution in [2.24, 2.45) is 0 Å². The van der Waals surface area contributed by atoms with Crippen molar-refractivity contribution in [2.45, 2.75) is 26.3 Å². The van der Waals surface area contributed by atoms with E-state index in [1.807, 2.05) is 0 Å². The summed E-state index contributed by atoms with van der Waals surface area (Å²) in [5.74, 6) is 0. The molecule has 1 nitrogen and oxygen atoms in total. The van der Waals surface area contributed by atoms with E-state index in [-0.39, 0.29) is 11.1 Å². The third kappa shape index (κ3) is 6.31. The van der Waals surface area contributed by atoms with E-state index in [0.29, 0.717) is 5.54 Å². The molecular weight excluding hydrogens is 118 g/mol. The van der Waals surface area contributed by atoms with Gasteiger partial charge < -0.3 is 0 Å². The molecule has 52 valence electrons. The molecule has 0 rings (SSSR count). The van der Waals surface area contributed by atoms with Gasteiger partial charge in [-0.3, -0.25) is 4.72 Å². The Morgan fingerprint density at radius 3 is 1.50 bits per heavy atom. The molecule has 0 heterocycles. The molecular formula is C6H17NS. The average molecular weight is 135 g/mol. The Kier molecular flexibility index (Phi) is 2.84. The van der Waals surface area contributed by atoms with Crippen LogP contribution in [0.1, 0.15) is 20.8 Å². The van der Waals surface area contributed by atoms with Crippen LogP contribution in [0.3, 0.4) is 0 Å². The van der Waals surface area contributed by atoms with Crippen molar-refractivity contribution in [3.8, 4) is 0 Å². The van der Waals surface area contributed by atoms with Crippen LogP contribution in [0.5, 0.6) is 0 Å². The highest BCUT2D eigenvalue weighted by Crippen LogP contribution is 2.13. The standard InChI is InChI=1S/C6H17NS/c1-6(2,3)7-8(4)5/h7-8H,1-5H3. The molecule has 1 N–H and O–H groups in total. The Bertz CT molecular complexity index is 63.4. The lowest BCUT2D eigenvalue weighted by atomic mass is 10.1. The second-order valence-corrected chi connectivity index (χ2v) is 5.27. The predicted molar refractivity (Wildman–Crippen MR) is 43.7 cm³/mol. The maximum atomic E-state index is 3.45. The average Bonchev–Trinajstić information content (AvgIpc) is 1.21. The van der Waals surface area contributed by atoms with E-state index in [1.165, 1.54) is 0 Å². The molecule has 0 radical (unpaired) electrons. The monoisotopic (exact) mass is 135 g/mol. The molecule has 8 heavy (non-hydrogen) atoms. The molecule has 0 aliphatic heterocycles. The van der Waals surface area contributed by atoms with E-state index in [0.717, 1.165) is 0 Å². The van der Waals surface area contributed by atoms with Gasteiger partial charge in [-0.05, 0) is 33.3 Å². The van der Waals surface area contributed by atoms with Crippen molar-refractivity contribution in [1.29, 1.82) is 0 Å². The van der Waals surface area contributed by atoms with Crippen molar-refractivity contribution in [2.75, 3.05) is 12.5 Å². The van der Waals surface area contributed by atoms with Gasteiger partial charge in [0.1, 0.15) is 0 Å². The van der Waals surface area contributed by atoms with Crippen molar-refractivity contribution >= 4 is 11.1 Å². The van der Waals surface area contributed by atoms with Crippen molar-refractivity contribution < 1.29 is 0 Å². The number of hydrogen-bond acceptors (Lipinski definition) is 1. The van der Waals surface area contributed by atoms with Gasteiger partial charge >= 0.3 is 0 Å². The van der Waals surface area contributed by atoms with Gasteiger partial charge in [0, 0.05) is 5.54 Å². The maximum absolute atomic E-state index is 3.45. The number of thiol groups is 1. The van der Waals surface area contributed by atoms with Crippen LogP contribution in [0.15, 0.2) is 0 Å². The van der Waals surface area contributed by atoms with Crippen molar-refractivity contribution in [3.63, 3.8) is 0 Å². The first-order valence-electron chi connectivity index (χ1n) is 2.87. The smallest absolute Gasteiger partial charge is 0.0181 e. The molecule has 0 aliphatic carbocycles. The molecule has 0 saturated heterocycles. The Balaban J connectivity index is 3.39. The minimum absolute atomic E-state index is 0.0615. The number of rotatable bonds is 1. The largest absolute Gasteiger partial charge is 0.279 e. The van der Waals surface area contributed by atoms with E-state index in [4.69, 9.17) is 0 Å². The van der Waals surface area contributed by atoms with E-state index < -0.39 is 0 Å². The highest BCUT2D eigenvalue weighted by atomic mass is 32.2. The molecule has 2 heteroatoms. The fourth-order valence-electron chi connectivity index (χ4n) is 0.671. The molecule has 0 aromatic rings. The summed E-state index contributed by atoms with van der Waals surface area (Å²) < 4.78 is 3.45. The first-order chi connectivity index (χ1) is 3.42. The van der Waals surface area contributed by atoms with Crippen LogP contribution >= 0.6 is 11.1 Å². The summed E-state index contributed by atoms with van der Waals surface area (Å²) in [4.78, 5) is 0. The van der Waals surface area contributed by atoms with Gasteiger partial charge in [0.05, 0.1) is 0 Å².